The average Bonchev–Trinajstić information content (AvgIpc) is 2.15. The van der Waals surface area contributed by atoms with Crippen LogP contribution in [0.2, 0.25) is 0 Å². The van der Waals surface area contributed by atoms with Crippen LogP contribution < -0.4 is 4.90 Å². The lowest BCUT2D eigenvalue weighted by Crippen LogP contribution is -2.45. The van der Waals surface area contributed by atoms with E-state index in [4.69, 9.17) is 0 Å². The smallest absolute Gasteiger partial charge is 0.444 e. The molecule has 1 aromatic carbocycles. The van der Waals surface area contributed by atoms with E-state index in [1.54, 1.807) is 6.07 Å². The van der Waals surface area contributed by atoms with Crippen LogP contribution in [0.3, 0.4) is 0 Å². The number of halogens is 3. The minimum Gasteiger partial charge on any atom is -0.444 e. The molecule has 2 rings (SSSR count). The highest BCUT2D eigenvalue weighted by Gasteiger charge is 2.46. The van der Waals surface area contributed by atoms with Crippen LogP contribution in [0, 0.1) is 0 Å². The first kappa shape index (κ1) is 9.82. The van der Waals surface area contributed by atoms with Gasteiger partial charge in [0.25, 0.3) is 0 Å². The molecule has 6 heteroatoms. The number of ether oxygens (including phenoxy) is 1. The number of cyclic esters (lactones) is 1. The van der Waals surface area contributed by atoms with Crippen molar-refractivity contribution in [1.29, 1.82) is 0 Å². The van der Waals surface area contributed by atoms with Gasteiger partial charge in [-0.15, -0.1) is 13.2 Å². The van der Waals surface area contributed by atoms with Crippen molar-refractivity contribution in [2.45, 2.75) is 12.9 Å². The Hall–Kier alpha value is -1.72. The van der Waals surface area contributed by atoms with Crippen LogP contribution in [-0.2, 0) is 11.3 Å². The van der Waals surface area contributed by atoms with E-state index in [-0.39, 0.29) is 17.2 Å². The van der Waals surface area contributed by atoms with E-state index in [1.165, 1.54) is 18.2 Å². The molecule has 0 fully saturated rings. The van der Waals surface area contributed by atoms with Crippen LogP contribution in [0.4, 0.5) is 23.7 Å². The van der Waals surface area contributed by atoms with Crippen LogP contribution in [0.1, 0.15) is 5.56 Å². The Morgan fingerprint density at radius 2 is 1.93 bits per heavy atom. The summed E-state index contributed by atoms with van der Waals surface area (Å²) in [5.74, 6) is 0. The van der Waals surface area contributed by atoms with Gasteiger partial charge in [-0.2, -0.15) is 4.90 Å². The van der Waals surface area contributed by atoms with E-state index >= 15 is 0 Å². The number of carbonyl (C=O) groups excluding carboxylic acids is 1. The standard InChI is InChI=1S/C9H6F3NO2/c10-9(11,12)13-7-4-2-1-3-6(7)5-15-8(13)14/h1-4H,5H2. The summed E-state index contributed by atoms with van der Waals surface area (Å²) >= 11 is 0. The zero-order valence-corrected chi connectivity index (χ0v) is 7.41. The largest absolute Gasteiger partial charge is 0.494 e. The van der Waals surface area contributed by atoms with Crippen LogP contribution in [-0.4, -0.2) is 12.4 Å². The second-order valence-corrected chi connectivity index (χ2v) is 2.99. The number of alkyl halides is 3. The minimum absolute atomic E-state index is 0.123. The molecule has 0 aromatic heterocycles. The fraction of sp³-hybridized carbons (Fsp3) is 0.222. The summed E-state index contributed by atoms with van der Waals surface area (Å²) in [6, 6.07) is 5.76. The van der Waals surface area contributed by atoms with E-state index in [0.29, 0.717) is 5.56 Å². The molecule has 80 valence electrons. The lowest BCUT2D eigenvalue weighted by molar-refractivity contribution is -0.126. The van der Waals surface area contributed by atoms with Gasteiger partial charge in [-0.05, 0) is 6.07 Å². The van der Waals surface area contributed by atoms with Gasteiger partial charge in [0, 0.05) is 5.56 Å². The highest BCUT2D eigenvalue weighted by Crippen LogP contribution is 2.35. The third-order valence-corrected chi connectivity index (χ3v) is 2.02. The summed E-state index contributed by atoms with van der Waals surface area (Å²) in [5.41, 5.74) is 0.177. The molecule has 1 heterocycles. The molecule has 1 aromatic rings. The van der Waals surface area contributed by atoms with Crippen molar-refractivity contribution in [2.75, 3.05) is 4.90 Å². The van der Waals surface area contributed by atoms with E-state index in [0.717, 1.165) is 0 Å². The molecule has 0 saturated heterocycles. The average molecular weight is 217 g/mol. The van der Waals surface area contributed by atoms with Gasteiger partial charge < -0.3 is 4.74 Å². The maximum Gasteiger partial charge on any atom is 0.494 e. The van der Waals surface area contributed by atoms with Gasteiger partial charge in [0.2, 0.25) is 0 Å². The van der Waals surface area contributed by atoms with Gasteiger partial charge in [-0.1, -0.05) is 18.2 Å². The predicted molar refractivity (Wildman–Crippen MR) is 45.2 cm³/mol. The summed E-state index contributed by atoms with van der Waals surface area (Å²) in [6.07, 6.45) is -6.14. The Morgan fingerprint density at radius 3 is 2.60 bits per heavy atom. The van der Waals surface area contributed by atoms with E-state index in [9.17, 15) is 18.0 Å². The van der Waals surface area contributed by atoms with Crippen molar-refractivity contribution in [3.63, 3.8) is 0 Å². The molecule has 0 N–H and O–H groups in total. The highest BCUT2D eigenvalue weighted by molar-refractivity contribution is 5.90. The topological polar surface area (TPSA) is 29.5 Å². The Kier molecular flexibility index (Phi) is 2.06. The maximum absolute atomic E-state index is 12.5. The zero-order valence-electron chi connectivity index (χ0n) is 7.41. The third kappa shape index (κ3) is 1.62. The summed E-state index contributed by atoms with van der Waals surface area (Å²) in [4.78, 5) is 10.7. The van der Waals surface area contributed by atoms with Gasteiger partial charge in [0.15, 0.2) is 0 Å². The monoisotopic (exact) mass is 217 g/mol. The molecule has 0 unspecified atom stereocenters. The molecular weight excluding hydrogens is 211 g/mol. The molecule has 1 aliphatic heterocycles. The number of anilines is 1. The molecule has 3 nitrogen and oxygen atoms in total. The third-order valence-electron chi connectivity index (χ3n) is 2.02. The Bertz CT molecular complexity index is 403. The van der Waals surface area contributed by atoms with E-state index in [2.05, 4.69) is 4.74 Å². The fourth-order valence-corrected chi connectivity index (χ4v) is 1.39. The number of fused-ring (bicyclic) bond motifs is 1. The fourth-order valence-electron chi connectivity index (χ4n) is 1.39. The number of hydrogen-bond donors (Lipinski definition) is 0. The second-order valence-electron chi connectivity index (χ2n) is 2.99. The lowest BCUT2D eigenvalue weighted by atomic mass is 10.1. The summed E-state index contributed by atoms with van der Waals surface area (Å²) in [7, 11) is 0. The molecule has 1 amide bonds. The molecule has 0 spiro atoms. The van der Waals surface area contributed by atoms with Crippen molar-refractivity contribution in [2.24, 2.45) is 0 Å². The van der Waals surface area contributed by atoms with Crippen LogP contribution in [0.25, 0.3) is 0 Å². The van der Waals surface area contributed by atoms with Gasteiger partial charge in [0.1, 0.15) is 6.61 Å². The zero-order chi connectivity index (χ0) is 11.1. The van der Waals surface area contributed by atoms with Gasteiger partial charge in [0.05, 0.1) is 5.69 Å². The molecular formula is C9H6F3NO2. The first-order valence-electron chi connectivity index (χ1n) is 4.12. The normalized spacial score (nSPS) is 15.9. The predicted octanol–water partition coefficient (Wildman–Crippen LogP) is 2.66. The van der Waals surface area contributed by atoms with Crippen LogP contribution in [0.15, 0.2) is 24.3 Å². The molecule has 0 bridgehead atoms. The molecule has 15 heavy (non-hydrogen) atoms. The van der Waals surface area contributed by atoms with Gasteiger partial charge in [-0.25, -0.2) is 4.79 Å². The molecule has 0 atom stereocenters. The SMILES string of the molecule is O=C1OCc2ccccc2N1C(F)(F)F. The first-order valence-corrected chi connectivity index (χ1v) is 4.12. The summed E-state index contributed by atoms with van der Waals surface area (Å²) in [5, 5.41) is 0. The van der Waals surface area contributed by atoms with Crippen molar-refractivity contribution in [3.8, 4) is 0 Å². The van der Waals surface area contributed by atoms with Gasteiger partial charge in [-0.3, -0.25) is 0 Å². The Balaban J connectivity index is 2.51. The van der Waals surface area contributed by atoms with E-state index < -0.39 is 12.4 Å². The number of carbonyl (C=O) groups is 1. The maximum atomic E-state index is 12.5. The minimum atomic E-state index is -4.76. The van der Waals surface area contributed by atoms with Crippen molar-refractivity contribution >= 4 is 11.8 Å². The molecule has 0 aliphatic carbocycles. The summed E-state index contributed by atoms with van der Waals surface area (Å²) < 4.78 is 41.9. The highest BCUT2D eigenvalue weighted by atomic mass is 19.4. The van der Waals surface area contributed by atoms with Crippen molar-refractivity contribution in [1.82, 2.24) is 0 Å². The molecule has 1 aliphatic rings. The van der Waals surface area contributed by atoms with Gasteiger partial charge >= 0.3 is 12.4 Å². The molecule has 0 saturated carbocycles. The number of rotatable bonds is 0. The second kappa shape index (κ2) is 3.15. The number of para-hydroxylation sites is 1. The number of hydrogen-bond acceptors (Lipinski definition) is 2. The number of benzene rings is 1. The Labute approximate surface area is 83.1 Å². The first-order chi connectivity index (χ1) is 7.00. The molecule has 0 radical (unpaired) electrons. The Morgan fingerprint density at radius 1 is 1.27 bits per heavy atom. The number of nitrogens with zero attached hydrogens (tertiary/aromatic N) is 1. The van der Waals surface area contributed by atoms with Crippen LogP contribution >= 0.6 is 0 Å². The lowest BCUT2D eigenvalue weighted by Gasteiger charge is -2.29. The summed E-state index contributed by atoms with van der Waals surface area (Å²) in [6.45, 7) is -0.123. The van der Waals surface area contributed by atoms with Crippen LogP contribution in [0.5, 0.6) is 0 Å². The van der Waals surface area contributed by atoms with E-state index in [1.807, 2.05) is 0 Å². The number of amides is 1. The quantitative estimate of drug-likeness (QED) is 0.625. The van der Waals surface area contributed by atoms with Crippen molar-refractivity contribution in [3.05, 3.63) is 29.8 Å². The van der Waals surface area contributed by atoms with Crippen molar-refractivity contribution < 1.29 is 22.7 Å².